The molecule has 1 heterocycles. The number of hydrogen-bond acceptors (Lipinski definition) is 13. The van der Waals surface area contributed by atoms with Gasteiger partial charge in [0.05, 0.1) is 78.3 Å². The summed E-state index contributed by atoms with van der Waals surface area (Å²) in [5, 5.41) is 45.4. The van der Waals surface area contributed by atoms with Gasteiger partial charge in [-0.05, 0) is 12.5 Å². The van der Waals surface area contributed by atoms with Crippen LogP contribution in [0.25, 0.3) is 0 Å². The summed E-state index contributed by atoms with van der Waals surface area (Å²) in [6, 6.07) is 7.61. The third-order valence-electron chi connectivity index (χ3n) is 5.27. The van der Waals surface area contributed by atoms with E-state index in [-0.39, 0.29) is 26.4 Å². The van der Waals surface area contributed by atoms with Crippen molar-refractivity contribution >= 4 is 27.7 Å². The van der Waals surface area contributed by atoms with Gasteiger partial charge in [0.15, 0.2) is 5.00 Å². The number of methoxy groups -OCH3 is 2. The highest BCUT2D eigenvalue weighted by Crippen LogP contribution is 2.42. The quantitative estimate of drug-likeness (QED) is 0.209. The molecule has 0 aliphatic rings. The lowest BCUT2D eigenvalue weighted by Gasteiger charge is -2.27. The van der Waals surface area contributed by atoms with Gasteiger partial charge in [-0.25, -0.2) is 0 Å². The van der Waals surface area contributed by atoms with Gasteiger partial charge < -0.3 is 38.8 Å². The Hall–Kier alpha value is -3.30. The summed E-state index contributed by atoms with van der Waals surface area (Å²) in [7, 11) is 3.05. The molecule has 0 unspecified atom stereocenters. The number of anilines is 1. The molecule has 2 aromatic rings. The van der Waals surface area contributed by atoms with Crippen molar-refractivity contribution in [2.75, 3.05) is 85.1 Å². The van der Waals surface area contributed by atoms with Gasteiger partial charge in [-0.15, -0.1) is 21.6 Å². The first kappa shape index (κ1) is 30.9. The van der Waals surface area contributed by atoms with Crippen LogP contribution in [0, 0.1) is 29.6 Å². The Morgan fingerprint density at radius 3 is 2.00 bits per heavy atom. The molecule has 0 aliphatic carbocycles. The number of rotatable bonds is 18. The summed E-state index contributed by atoms with van der Waals surface area (Å²) in [5.74, 6) is 0.935. The third kappa shape index (κ3) is 8.92. The standard InChI is InChI=1S/C25H33N5O7S/c1-18-19(16-26)25(38-24(18)17-27)29-28-20-14-23(34-3)21(15-22(20)33-2)30(4-8-35-10-6-31)5-9-36-12-13-37-11-7-32/h14-15,31-32H,4-13H2,1-3H3/b29-28+. The first-order valence-corrected chi connectivity index (χ1v) is 12.7. The summed E-state index contributed by atoms with van der Waals surface area (Å²) in [5.41, 5.74) is 1.99. The zero-order chi connectivity index (χ0) is 27.8. The van der Waals surface area contributed by atoms with Crippen LogP contribution in [0.15, 0.2) is 22.4 Å². The average Bonchev–Trinajstić information content (AvgIpc) is 3.25. The SMILES string of the molecule is COc1cc(N(CCOCCO)CCOCCOCCO)c(OC)cc1/N=N/c1sc(C#N)c(C)c1C#N. The fourth-order valence-corrected chi connectivity index (χ4v) is 4.23. The van der Waals surface area contributed by atoms with Gasteiger partial charge in [-0.2, -0.15) is 10.5 Å². The second kappa shape index (κ2) is 17.3. The van der Waals surface area contributed by atoms with E-state index in [9.17, 15) is 10.5 Å². The van der Waals surface area contributed by atoms with Crippen LogP contribution < -0.4 is 14.4 Å². The molecule has 1 aromatic carbocycles. The number of aliphatic hydroxyl groups excluding tert-OH is 2. The van der Waals surface area contributed by atoms with Gasteiger partial charge in [0.25, 0.3) is 0 Å². The molecule has 0 atom stereocenters. The van der Waals surface area contributed by atoms with Crippen LogP contribution in [-0.4, -0.2) is 90.4 Å². The molecule has 1 aromatic heterocycles. The van der Waals surface area contributed by atoms with Crippen LogP contribution in [0.4, 0.5) is 16.4 Å². The van der Waals surface area contributed by atoms with Crippen LogP contribution in [0.3, 0.4) is 0 Å². The number of nitrogens with zero attached hydrogens (tertiary/aromatic N) is 5. The molecule has 0 saturated carbocycles. The lowest BCUT2D eigenvalue weighted by Crippen LogP contribution is -2.32. The number of ether oxygens (including phenoxy) is 5. The Bertz CT molecular complexity index is 1130. The first-order valence-electron chi connectivity index (χ1n) is 11.9. The summed E-state index contributed by atoms with van der Waals surface area (Å²) in [4.78, 5) is 2.42. The van der Waals surface area contributed by atoms with Crippen molar-refractivity contribution in [2.24, 2.45) is 10.2 Å². The van der Waals surface area contributed by atoms with Crippen molar-refractivity contribution in [2.45, 2.75) is 6.92 Å². The molecule has 0 radical (unpaired) electrons. The van der Waals surface area contributed by atoms with Gasteiger partial charge in [-0.1, -0.05) is 0 Å². The van der Waals surface area contributed by atoms with Gasteiger partial charge in [0.1, 0.15) is 34.2 Å². The highest BCUT2D eigenvalue weighted by molar-refractivity contribution is 7.16. The molecule has 0 amide bonds. The van der Waals surface area contributed by atoms with E-state index < -0.39 is 0 Å². The van der Waals surface area contributed by atoms with Crippen molar-refractivity contribution in [1.82, 2.24) is 0 Å². The Kier molecular flexibility index (Phi) is 14.0. The van der Waals surface area contributed by atoms with E-state index in [2.05, 4.69) is 22.4 Å². The van der Waals surface area contributed by atoms with Gasteiger partial charge in [0.2, 0.25) is 0 Å². The first-order chi connectivity index (χ1) is 18.5. The predicted molar refractivity (Wildman–Crippen MR) is 141 cm³/mol. The number of azo groups is 1. The van der Waals surface area contributed by atoms with E-state index in [0.717, 1.165) is 11.3 Å². The minimum Gasteiger partial charge on any atom is -0.494 e. The molecule has 0 saturated heterocycles. The van der Waals surface area contributed by atoms with Crippen molar-refractivity contribution < 1.29 is 33.9 Å². The molecule has 206 valence electrons. The van der Waals surface area contributed by atoms with Crippen LogP contribution in [0.1, 0.15) is 16.0 Å². The zero-order valence-electron chi connectivity index (χ0n) is 21.8. The van der Waals surface area contributed by atoms with Crippen molar-refractivity contribution in [1.29, 1.82) is 10.5 Å². The molecule has 2 N–H and O–H groups in total. The summed E-state index contributed by atoms with van der Waals surface area (Å²) in [6.07, 6.45) is 0. The smallest absolute Gasteiger partial charge is 0.158 e. The van der Waals surface area contributed by atoms with E-state index in [1.54, 1.807) is 19.1 Å². The van der Waals surface area contributed by atoms with Crippen LogP contribution in [-0.2, 0) is 14.2 Å². The maximum absolute atomic E-state index is 9.48. The maximum Gasteiger partial charge on any atom is 0.158 e. The predicted octanol–water partition coefficient (Wildman–Crippen LogP) is 3.07. The number of thiophene rings is 1. The highest BCUT2D eigenvalue weighted by Gasteiger charge is 2.19. The Morgan fingerprint density at radius 1 is 0.842 bits per heavy atom. The molecule has 0 spiro atoms. The Labute approximate surface area is 226 Å². The Balaban J connectivity index is 2.29. The minimum absolute atomic E-state index is 0.0356. The molecule has 12 nitrogen and oxygen atoms in total. The molecule has 0 bridgehead atoms. The van der Waals surface area contributed by atoms with Gasteiger partial charge in [0, 0.05) is 25.2 Å². The normalized spacial score (nSPS) is 10.9. The fourth-order valence-electron chi connectivity index (χ4n) is 3.35. The largest absolute Gasteiger partial charge is 0.494 e. The van der Waals surface area contributed by atoms with Gasteiger partial charge >= 0.3 is 0 Å². The van der Waals surface area contributed by atoms with Crippen LogP contribution in [0.2, 0.25) is 0 Å². The zero-order valence-corrected chi connectivity index (χ0v) is 22.6. The van der Waals surface area contributed by atoms with Crippen LogP contribution >= 0.6 is 11.3 Å². The van der Waals surface area contributed by atoms with Crippen molar-refractivity contribution in [3.63, 3.8) is 0 Å². The van der Waals surface area contributed by atoms with E-state index in [1.807, 2.05) is 4.90 Å². The lowest BCUT2D eigenvalue weighted by molar-refractivity contribution is 0.0347. The van der Waals surface area contributed by atoms with Crippen molar-refractivity contribution in [3.05, 3.63) is 28.1 Å². The number of hydrogen-bond donors (Lipinski definition) is 2. The molecule has 2 rings (SSSR count). The average molecular weight is 548 g/mol. The second-order valence-electron chi connectivity index (χ2n) is 7.63. The van der Waals surface area contributed by atoms with E-state index in [1.165, 1.54) is 14.2 Å². The van der Waals surface area contributed by atoms with Crippen LogP contribution in [0.5, 0.6) is 11.5 Å². The topological polar surface area (TPSA) is 162 Å². The molecular weight excluding hydrogens is 514 g/mol. The number of benzene rings is 1. The van der Waals surface area contributed by atoms with Gasteiger partial charge in [-0.3, -0.25) is 0 Å². The Morgan fingerprint density at radius 2 is 1.45 bits per heavy atom. The fraction of sp³-hybridized carbons (Fsp3) is 0.520. The number of nitriles is 2. The second-order valence-corrected chi connectivity index (χ2v) is 8.63. The minimum atomic E-state index is -0.0685. The monoisotopic (exact) mass is 547 g/mol. The summed E-state index contributed by atoms with van der Waals surface area (Å²) >= 11 is 1.10. The lowest BCUT2D eigenvalue weighted by atomic mass is 10.2. The van der Waals surface area contributed by atoms with Crippen molar-refractivity contribution in [3.8, 4) is 23.6 Å². The summed E-state index contributed by atoms with van der Waals surface area (Å²) in [6.45, 7) is 4.60. The maximum atomic E-state index is 9.48. The van der Waals surface area contributed by atoms with E-state index >= 15 is 0 Å². The van der Waals surface area contributed by atoms with E-state index in [4.69, 9.17) is 33.9 Å². The molecule has 13 heteroatoms. The third-order valence-corrected chi connectivity index (χ3v) is 6.35. The highest BCUT2D eigenvalue weighted by atomic mass is 32.1. The molecule has 0 fully saturated rings. The van der Waals surface area contributed by atoms with E-state index in [0.29, 0.717) is 83.4 Å². The number of aliphatic hydroxyl groups is 2. The molecule has 38 heavy (non-hydrogen) atoms. The molecule has 0 aliphatic heterocycles. The molecular formula is C25H33N5O7S. The summed E-state index contributed by atoms with van der Waals surface area (Å²) < 4.78 is 27.5.